The molecule has 0 spiro atoms. The van der Waals surface area contributed by atoms with Crippen LogP contribution < -0.4 is 0 Å². The van der Waals surface area contributed by atoms with Crippen LogP contribution in [0.1, 0.15) is 120 Å². The van der Waals surface area contributed by atoms with Crippen LogP contribution >= 0.6 is 0 Å². The predicted molar refractivity (Wildman–Crippen MR) is 143 cm³/mol. The fraction of sp³-hybridized carbons (Fsp3) is 0.581. The van der Waals surface area contributed by atoms with Gasteiger partial charge in [0.2, 0.25) is 0 Å². The third kappa shape index (κ3) is 8.91. The van der Waals surface area contributed by atoms with Gasteiger partial charge in [0, 0.05) is 22.3 Å². The van der Waals surface area contributed by atoms with Gasteiger partial charge in [0.05, 0.1) is 5.92 Å². The van der Waals surface area contributed by atoms with Crippen molar-refractivity contribution in [2.75, 3.05) is 0 Å². The van der Waals surface area contributed by atoms with Gasteiger partial charge in [0.25, 0.3) is 0 Å². The maximum atomic E-state index is 12.9. The van der Waals surface area contributed by atoms with Crippen LogP contribution in [0.3, 0.4) is 0 Å². The minimum absolute atomic E-state index is 0.0130. The molecule has 0 amide bonds. The quantitative estimate of drug-likeness (QED) is 0.257. The predicted octanol–water partition coefficient (Wildman–Crippen LogP) is 8.22. The van der Waals surface area contributed by atoms with Crippen LogP contribution in [-0.4, -0.2) is 22.6 Å². The van der Waals surface area contributed by atoms with Crippen molar-refractivity contribution in [1.82, 2.24) is 0 Å². The van der Waals surface area contributed by atoms with Crippen molar-refractivity contribution in [3.8, 4) is 0 Å². The highest BCUT2D eigenvalue weighted by molar-refractivity contribution is 6.26. The van der Waals surface area contributed by atoms with Gasteiger partial charge in [0.15, 0.2) is 11.6 Å². The van der Waals surface area contributed by atoms with Crippen molar-refractivity contribution in [3.05, 3.63) is 58.2 Å². The Bertz CT molecular complexity index is 952. The molecule has 192 valence electrons. The van der Waals surface area contributed by atoms with Crippen LogP contribution in [0.2, 0.25) is 0 Å². The van der Waals surface area contributed by atoms with Gasteiger partial charge in [0.1, 0.15) is 0 Å². The molecule has 1 aliphatic rings. The summed E-state index contributed by atoms with van der Waals surface area (Å²) >= 11 is 0. The monoisotopic (exact) mass is 480 g/mol. The zero-order chi connectivity index (χ0) is 26.0. The topological polar surface area (TPSA) is 71.4 Å². The van der Waals surface area contributed by atoms with E-state index in [0.29, 0.717) is 40.5 Å². The Labute approximate surface area is 211 Å². The van der Waals surface area contributed by atoms with Crippen LogP contribution in [-0.2, 0) is 4.79 Å². The molecule has 1 N–H and O–H groups in total. The molecule has 0 aliphatic heterocycles. The molecular weight excluding hydrogens is 436 g/mol. The van der Waals surface area contributed by atoms with E-state index in [9.17, 15) is 14.4 Å². The van der Waals surface area contributed by atoms with E-state index in [1.807, 2.05) is 6.07 Å². The molecule has 1 aliphatic carbocycles. The number of ketones is 2. The lowest BCUT2D eigenvalue weighted by molar-refractivity contribution is -0.141. The number of fused-ring (bicyclic) bond motifs is 1. The van der Waals surface area contributed by atoms with E-state index in [1.54, 1.807) is 32.0 Å². The number of carboxylic acid groups (broad SMARTS) is 1. The number of Topliss-reactive ketones (excluding diaryl/α,β-unsaturated/α-hetero) is 2. The molecule has 1 aromatic carbocycles. The van der Waals surface area contributed by atoms with Gasteiger partial charge in [-0.05, 0) is 51.4 Å². The summed E-state index contributed by atoms with van der Waals surface area (Å²) < 4.78 is 0. The average molecular weight is 481 g/mol. The van der Waals surface area contributed by atoms with E-state index in [-0.39, 0.29) is 17.5 Å². The van der Waals surface area contributed by atoms with Gasteiger partial charge in [-0.2, -0.15) is 0 Å². The maximum Gasteiger partial charge on any atom is 0.306 e. The number of aliphatic carboxylic acids is 1. The lowest BCUT2D eigenvalue weighted by Gasteiger charge is -2.18. The molecule has 0 saturated carbocycles. The smallest absolute Gasteiger partial charge is 0.306 e. The first-order valence-corrected chi connectivity index (χ1v) is 13.4. The number of rotatable bonds is 15. The highest BCUT2D eigenvalue weighted by atomic mass is 16.4. The summed E-state index contributed by atoms with van der Waals surface area (Å²) in [6.45, 7) is 10.3. The van der Waals surface area contributed by atoms with Gasteiger partial charge in [-0.15, -0.1) is 0 Å². The van der Waals surface area contributed by atoms with Crippen molar-refractivity contribution in [2.24, 2.45) is 17.8 Å². The third-order valence-electron chi connectivity index (χ3n) is 7.56. The average Bonchev–Trinajstić information content (AvgIpc) is 2.82. The number of carbonyl (C=O) groups is 3. The van der Waals surface area contributed by atoms with Gasteiger partial charge in [-0.25, -0.2) is 0 Å². The molecule has 4 nitrogen and oxygen atoms in total. The summed E-state index contributed by atoms with van der Waals surface area (Å²) in [7, 11) is 0. The molecule has 0 radical (unpaired) electrons. The second-order valence-electron chi connectivity index (χ2n) is 10.8. The van der Waals surface area contributed by atoms with Crippen LogP contribution in [0.5, 0.6) is 0 Å². The highest BCUT2D eigenvalue weighted by Crippen LogP contribution is 2.29. The summed E-state index contributed by atoms with van der Waals surface area (Å²) in [5.41, 5.74) is 3.54. The van der Waals surface area contributed by atoms with Gasteiger partial charge in [-0.1, -0.05) is 95.2 Å². The first kappa shape index (κ1) is 28.7. The Morgan fingerprint density at radius 1 is 0.857 bits per heavy atom. The van der Waals surface area contributed by atoms with Gasteiger partial charge >= 0.3 is 5.97 Å². The lowest BCUT2D eigenvalue weighted by Crippen LogP contribution is -2.20. The second-order valence-corrected chi connectivity index (χ2v) is 10.8. The summed E-state index contributed by atoms with van der Waals surface area (Å²) in [6.07, 6.45) is 12.6. The Morgan fingerprint density at radius 2 is 1.37 bits per heavy atom. The second kappa shape index (κ2) is 14.2. The van der Waals surface area contributed by atoms with Gasteiger partial charge in [-0.3, -0.25) is 14.4 Å². The maximum absolute atomic E-state index is 12.9. The molecule has 3 atom stereocenters. The zero-order valence-electron chi connectivity index (χ0n) is 22.4. The van der Waals surface area contributed by atoms with E-state index in [0.717, 1.165) is 32.1 Å². The summed E-state index contributed by atoms with van der Waals surface area (Å²) in [4.78, 5) is 36.4. The molecule has 0 fully saturated rings. The number of benzene rings is 1. The molecule has 0 heterocycles. The van der Waals surface area contributed by atoms with Crippen molar-refractivity contribution in [2.45, 2.75) is 98.8 Å². The lowest BCUT2D eigenvalue weighted by atomic mass is 9.83. The number of hydrogen-bond acceptors (Lipinski definition) is 3. The van der Waals surface area contributed by atoms with E-state index in [1.165, 1.54) is 31.3 Å². The molecular formula is C31H44O4. The highest BCUT2D eigenvalue weighted by Gasteiger charge is 2.28. The molecule has 2 rings (SSSR count). The molecule has 4 heteroatoms. The van der Waals surface area contributed by atoms with E-state index in [2.05, 4.69) is 26.8 Å². The largest absolute Gasteiger partial charge is 0.481 e. The summed E-state index contributed by atoms with van der Waals surface area (Å²) in [5, 5.41) is 8.98. The Morgan fingerprint density at radius 3 is 1.94 bits per heavy atom. The van der Waals surface area contributed by atoms with E-state index in [4.69, 9.17) is 5.11 Å². The minimum Gasteiger partial charge on any atom is -0.481 e. The number of carbonyl (C=O) groups excluding carboxylic acids is 2. The standard InChI is InChI=1S/C31H44O4/c1-21(11-8-12-22(2)15-10-16-24(4)31(34)35)13-9-14-23(3)19-20-26-25(5)29(32)27-17-6-7-18-28(27)30(26)33/h6-7,17-19,21-22,24H,8-16,20H2,1-5H3,(H,34,35)/b23-19+. The van der Waals surface area contributed by atoms with Crippen molar-refractivity contribution >= 4 is 17.5 Å². The normalized spacial score (nSPS) is 16.8. The number of allylic oxidation sites excluding steroid dienone is 4. The Balaban J connectivity index is 1.67. The first-order chi connectivity index (χ1) is 16.6. The van der Waals surface area contributed by atoms with Crippen LogP contribution in [0.4, 0.5) is 0 Å². The van der Waals surface area contributed by atoms with Crippen molar-refractivity contribution < 1.29 is 19.5 Å². The molecule has 3 unspecified atom stereocenters. The van der Waals surface area contributed by atoms with Crippen LogP contribution in [0, 0.1) is 17.8 Å². The number of carboxylic acids is 1. The summed E-state index contributed by atoms with van der Waals surface area (Å²) in [5.74, 6) is 0.392. The minimum atomic E-state index is -0.688. The Kier molecular flexibility index (Phi) is 11.6. The fourth-order valence-electron chi connectivity index (χ4n) is 4.90. The molecule has 1 aromatic rings. The van der Waals surface area contributed by atoms with Gasteiger partial charge < -0.3 is 5.11 Å². The number of hydrogen-bond donors (Lipinski definition) is 1. The SMILES string of the molecule is CC1=C(C/C=C(\C)CCCC(C)CCCC(C)CCCC(C)C(=O)O)C(=O)c2ccccc2C1=O. The molecule has 0 aromatic heterocycles. The van der Waals surface area contributed by atoms with Crippen LogP contribution in [0.25, 0.3) is 0 Å². The van der Waals surface area contributed by atoms with Crippen LogP contribution in [0.15, 0.2) is 47.1 Å². The fourth-order valence-corrected chi connectivity index (χ4v) is 4.90. The van der Waals surface area contributed by atoms with E-state index < -0.39 is 5.97 Å². The molecule has 0 saturated heterocycles. The Hall–Kier alpha value is -2.49. The van der Waals surface area contributed by atoms with E-state index >= 15 is 0 Å². The first-order valence-electron chi connectivity index (χ1n) is 13.4. The molecule has 35 heavy (non-hydrogen) atoms. The summed E-state index contributed by atoms with van der Waals surface area (Å²) in [6, 6.07) is 7.11. The zero-order valence-corrected chi connectivity index (χ0v) is 22.4. The van der Waals surface area contributed by atoms with Crippen molar-refractivity contribution in [3.63, 3.8) is 0 Å². The van der Waals surface area contributed by atoms with Crippen molar-refractivity contribution in [1.29, 1.82) is 0 Å². The molecule has 0 bridgehead atoms. The third-order valence-corrected chi connectivity index (χ3v) is 7.56.